The zero-order valence-corrected chi connectivity index (χ0v) is 13.0. The van der Waals surface area contributed by atoms with E-state index in [0.717, 1.165) is 19.3 Å². The molecular weight excluding hydrogens is 346 g/mol. The third kappa shape index (κ3) is 3.04. The molecule has 0 bridgehead atoms. The van der Waals surface area contributed by atoms with Gasteiger partial charge in [-0.15, -0.1) is 22.9 Å². The highest BCUT2D eigenvalue weighted by molar-refractivity contribution is 9.10. The Kier molecular flexibility index (Phi) is 4.52. The largest absolute Gasteiger partial charge is 0.251 e. The van der Waals surface area contributed by atoms with Gasteiger partial charge in [-0.2, -0.15) is 0 Å². The number of alkyl halides is 1. The minimum Gasteiger partial charge on any atom is -0.207 e. The molecule has 7 heteroatoms. The lowest BCUT2D eigenvalue weighted by molar-refractivity contribution is 0.481. The summed E-state index contributed by atoms with van der Waals surface area (Å²) >= 11 is 10.3. The summed E-state index contributed by atoms with van der Waals surface area (Å²) < 4.78 is 28.0. The van der Waals surface area contributed by atoms with E-state index in [4.69, 9.17) is 11.6 Å². The highest BCUT2D eigenvalue weighted by Gasteiger charge is 2.31. The highest BCUT2D eigenvalue weighted by atomic mass is 79.9. The molecule has 1 heterocycles. The molecule has 3 nitrogen and oxygen atoms in total. The van der Waals surface area contributed by atoms with Crippen molar-refractivity contribution in [2.75, 3.05) is 5.88 Å². The maximum Gasteiger partial charge on any atom is 0.251 e. The molecule has 0 aromatic carbocycles. The smallest absolute Gasteiger partial charge is 0.207 e. The van der Waals surface area contributed by atoms with Crippen LogP contribution in [0.5, 0.6) is 0 Å². The summed E-state index contributed by atoms with van der Waals surface area (Å²) in [5.74, 6) is 0.767. The molecule has 0 aliphatic heterocycles. The monoisotopic (exact) mass is 357 g/mol. The van der Waals surface area contributed by atoms with Gasteiger partial charge in [0.25, 0.3) is 10.0 Å². The summed E-state index contributed by atoms with van der Waals surface area (Å²) in [6.07, 6.45) is 2.91. The molecule has 1 fully saturated rings. The van der Waals surface area contributed by atoms with Crippen molar-refractivity contribution in [2.24, 2.45) is 5.92 Å². The number of halogens is 2. The Labute approximate surface area is 119 Å². The minimum absolute atomic E-state index is 0.0218. The van der Waals surface area contributed by atoms with Crippen molar-refractivity contribution in [2.45, 2.75) is 29.5 Å². The van der Waals surface area contributed by atoms with E-state index >= 15 is 0 Å². The van der Waals surface area contributed by atoms with Crippen LogP contribution in [-0.2, 0) is 10.0 Å². The first-order valence-corrected chi connectivity index (χ1v) is 9.05. The van der Waals surface area contributed by atoms with Crippen LogP contribution in [0.15, 0.2) is 20.1 Å². The average molecular weight is 359 g/mol. The molecular formula is C10H13BrClNO2S2. The Morgan fingerprint density at radius 2 is 2.29 bits per heavy atom. The molecule has 17 heavy (non-hydrogen) atoms. The first-order valence-electron chi connectivity index (χ1n) is 5.36. The van der Waals surface area contributed by atoms with Crippen molar-refractivity contribution in [3.63, 3.8) is 0 Å². The van der Waals surface area contributed by atoms with Gasteiger partial charge in [-0.05, 0) is 46.1 Å². The van der Waals surface area contributed by atoms with Gasteiger partial charge in [0.1, 0.15) is 4.21 Å². The Morgan fingerprint density at radius 3 is 2.88 bits per heavy atom. The number of thiophene rings is 1. The molecule has 0 saturated heterocycles. The van der Waals surface area contributed by atoms with E-state index in [1.165, 1.54) is 11.3 Å². The number of sulfonamides is 1. The Morgan fingerprint density at radius 1 is 1.53 bits per heavy atom. The Bertz CT molecular complexity index is 488. The van der Waals surface area contributed by atoms with Gasteiger partial charge in [-0.1, -0.05) is 6.42 Å². The molecule has 2 unspecified atom stereocenters. The van der Waals surface area contributed by atoms with Gasteiger partial charge in [0, 0.05) is 16.4 Å². The fourth-order valence-electron chi connectivity index (χ4n) is 2.10. The van der Waals surface area contributed by atoms with Gasteiger partial charge in [-0.25, -0.2) is 13.1 Å². The van der Waals surface area contributed by atoms with E-state index in [1.54, 1.807) is 11.4 Å². The predicted octanol–water partition coefficient (Wildman–Crippen LogP) is 3.20. The highest BCUT2D eigenvalue weighted by Crippen LogP contribution is 2.31. The van der Waals surface area contributed by atoms with E-state index < -0.39 is 10.0 Å². The Hall–Kier alpha value is 0.380. The minimum atomic E-state index is -3.41. The fraction of sp³-hybridized carbons (Fsp3) is 0.600. The van der Waals surface area contributed by atoms with Gasteiger partial charge in [-0.3, -0.25) is 0 Å². The van der Waals surface area contributed by atoms with Crippen molar-refractivity contribution in [1.29, 1.82) is 0 Å². The van der Waals surface area contributed by atoms with Crippen LogP contribution >= 0.6 is 38.9 Å². The third-order valence-corrected chi connectivity index (χ3v) is 7.55. The third-order valence-electron chi connectivity index (χ3n) is 2.99. The van der Waals surface area contributed by atoms with Crippen LogP contribution in [0.3, 0.4) is 0 Å². The van der Waals surface area contributed by atoms with Crippen LogP contribution in [0.25, 0.3) is 0 Å². The molecule has 0 amide bonds. The number of hydrogen-bond acceptors (Lipinski definition) is 3. The van der Waals surface area contributed by atoms with Crippen molar-refractivity contribution in [3.8, 4) is 0 Å². The summed E-state index contributed by atoms with van der Waals surface area (Å²) in [4.78, 5) is 0. The van der Waals surface area contributed by atoms with Crippen LogP contribution in [-0.4, -0.2) is 20.3 Å². The summed E-state index contributed by atoms with van der Waals surface area (Å²) in [6, 6.07) is 1.72. The van der Waals surface area contributed by atoms with Crippen molar-refractivity contribution in [1.82, 2.24) is 4.72 Å². The maximum atomic E-state index is 12.2. The topological polar surface area (TPSA) is 46.2 Å². The first-order chi connectivity index (χ1) is 8.04. The van der Waals surface area contributed by atoms with Gasteiger partial charge >= 0.3 is 0 Å². The second-order valence-corrected chi connectivity index (χ2v) is 8.12. The lowest BCUT2D eigenvalue weighted by atomic mass is 10.1. The molecule has 2 rings (SSSR count). The quantitative estimate of drug-likeness (QED) is 0.840. The molecule has 1 N–H and O–H groups in total. The molecule has 1 aliphatic rings. The van der Waals surface area contributed by atoms with Gasteiger partial charge in [0.05, 0.1) is 0 Å². The molecule has 1 aliphatic carbocycles. The zero-order valence-electron chi connectivity index (χ0n) is 9.03. The normalized spacial score (nSPS) is 25.3. The SMILES string of the molecule is O=S(=O)(NC1CCCC1CCl)c1sccc1Br. The van der Waals surface area contributed by atoms with Crippen LogP contribution in [0, 0.1) is 5.92 Å². The lowest BCUT2D eigenvalue weighted by Crippen LogP contribution is -2.37. The van der Waals surface area contributed by atoms with Gasteiger partial charge < -0.3 is 0 Å². The van der Waals surface area contributed by atoms with Crippen LogP contribution < -0.4 is 4.72 Å². The first kappa shape index (κ1) is 13.8. The molecule has 0 spiro atoms. The molecule has 96 valence electrons. The maximum absolute atomic E-state index is 12.2. The number of nitrogens with one attached hydrogen (secondary N) is 1. The van der Waals surface area contributed by atoms with Crippen molar-refractivity contribution in [3.05, 3.63) is 15.9 Å². The van der Waals surface area contributed by atoms with E-state index in [2.05, 4.69) is 20.7 Å². The van der Waals surface area contributed by atoms with Gasteiger partial charge in [0.2, 0.25) is 0 Å². The van der Waals surface area contributed by atoms with Crippen LogP contribution in [0.1, 0.15) is 19.3 Å². The summed E-state index contributed by atoms with van der Waals surface area (Å²) in [6.45, 7) is 0. The van der Waals surface area contributed by atoms with Gasteiger partial charge in [0.15, 0.2) is 0 Å². The van der Waals surface area contributed by atoms with E-state index in [9.17, 15) is 8.42 Å². The van der Waals surface area contributed by atoms with E-state index in [0.29, 0.717) is 14.6 Å². The zero-order chi connectivity index (χ0) is 12.5. The standard InChI is InChI=1S/C10H13BrClNO2S2/c11-8-4-5-16-10(8)17(14,15)13-9-3-1-2-7(9)6-12/h4-5,7,9,13H,1-3,6H2. The summed E-state index contributed by atoms with van der Waals surface area (Å²) in [7, 11) is -3.41. The predicted molar refractivity (Wildman–Crippen MR) is 74.2 cm³/mol. The second kappa shape index (κ2) is 5.57. The average Bonchev–Trinajstić information content (AvgIpc) is 2.86. The summed E-state index contributed by atoms with van der Waals surface area (Å²) in [5, 5.41) is 1.76. The van der Waals surface area contributed by atoms with Crippen LogP contribution in [0.4, 0.5) is 0 Å². The molecule has 1 aromatic heterocycles. The Balaban J connectivity index is 2.16. The lowest BCUT2D eigenvalue weighted by Gasteiger charge is -2.18. The van der Waals surface area contributed by atoms with Crippen LogP contribution in [0.2, 0.25) is 0 Å². The van der Waals surface area contributed by atoms with Crippen molar-refractivity contribution < 1.29 is 8.42 Å². The molecule has 0 radical (unpaired) electrons. The second-order valence-electron chi connectivity index (χ2n) is 4.13. The number of hydrogen-bond donors (Lipinski definition) is 1. The number of rotatable bonds is 4. The molecule has 1 saturated carbocycles. The fourth-order valence-corrected chi connectivity index (χ4v) is 6.16. The van der Waals surface area contributed by atoms with E-state index in [-0.39, 0.29) is 12.0 Å². The van der Waals surface area contributed by atoms with E-state index in [1.807, 2.05) is 0 Å². The summed E-state index contributed by atoms with van der Waals surface area (Å²) in [5.41, 5.74) is 0. The molecule has 1 aromatic rings. The molecule has 2 atom stereocenters. The van der Waals surface area contributed by atoms with Crippen molar-refractivity contribution >= 4 is 48.9 Å².